The summed E-state index contributed by atoms with van der Waals surface area (Å²) in [4.78, 5) is 34.4. The minimum absolute atomic E-state index is 0.0305. The number of nitrogens with one attached hydrogen (secondary N) is 1. The van der Waals surface area contributed by atoms with Crippen LogP contribution in [0.5, 0.6) is 10.9 Å². The molecule has 4 rings (SSSR count). The number of rotatable bonds is 7. The van der Waals surface area contributed by atoms with E-state index in [1.807, 2.05) is 19.1 Å². The number of carboxylic acid groups (broad SMARTS) is 1. The van der Waals surface area contributed by atoms with Gasteiger partial charge in [0.05, 0.1) is 25.2 Å². The van der Waals surface area contributed by atoms with Gasteiger partial charge in [-0.25, -0.2) is 9.78 Å². The van der Waals surface area contributed by atoms with Crippen molar-refractivity contribution in [3.05, 3.63) is 70.2 Å². The summed E-state index contributed by atoms with van der Waals surface area (Å²) in [7, 11) is 0. The third-order valence-electron chi connectivity index (χ3n) is 5.09. The number of aliphatic imine (C=N–C) groups is 1. The molecule has 0 saturated carbocycles. The number of carboxylic acids is 1. The highest BCUT2D eigenvalue weighted by Crippen LogP contribution is 2.28. The minimum Gasteiger partial charge on any atom is -0.477 e. The molecule has 1 aromatic heterocycles. The summed E-state index contributed by atoms with van der Waals surface area (Å²) in [6.07, 6.45) is 1.98. The summed E-state index contributed by atoms with van der Waals surface area (Å²) >= 11 is 6.94. The Hall–Kier alpha value is -3.43. The molecule has 1 amide bonds. The number of carbonyl (C=O) groups is 2. The lowest BCUT2D eigenvalue weighted by Crippen LogP contribution is -2.47. The van der Waals surface area contributed by atoms with Crippen LogP contribution in [0.2, 0.25) is 5.02 Å². The lowest BCUT2D eigenvalue weighted by Gasteiger charge is -2.32. The summed E-state index contributed by atoms with van der Waals surface area (Å²) in [6, 6.07) is 14.4. The number of hydrogen-bond acceptors (Lipinski definition) is 7. The fourth-order valence-electron chi connectivity index (χ4n) is 3.26. The number of guanidine groups is 1. The smallest absolute Gasteiger partial charge is 0.347 e. The lowest BCUT2D eigenvalue weighted by atomic mass is 10.0. The van der Waals surface area contributed by atoms with Gasteiger partial charge < -0.3 is 15.2 Å². The van der Waals surface area contributed by atoms with Crippen LogP contribution in [-0.4, -0.2) is 39.4 Å². The summed E-state index contributed by atoms with van der Waals surface area (Å²) in [5, 5.41) is 13.1. The Kier molecular flexibility index (Phi) is 6.90. The second-order valence-electron chi connectivity index (χ2n) is 7.37. The van der Waals surface area contributed by atoms with Crippen molar-refractivity contribution in [1.29, 1.82) is 0 Å². The number of nitrogens with zero attached hydrogens (tertiary/aromatic N) is 3. The molecule has 0 spiro atoms. The summed E-state index contributed by atoms with van der Waals surface area (Å²) in [5.41, 5.74) is 1.68. The molecular formula is C23H21ClN4O4S. The zero-order valence-electron chi connectivity index (χ0n) is 17.7. The average Bonchev–Trinajstić information content (AvgIpc) is 3.28. The number of ether oxygens (including phenoxy) is 1. The quantitative estimate of drug-likeness (QED) is 0.482. The summed E-state index contributed by atoms with van der Waals surface area (Å²) in [5.74, 6) is -0.161. The Balaban J connectivity index is 1.47. The predicted octanol–water partition coefficient (Wildman–Crippen LogP) is 5.12. The van der Waals surface area contributed by atoms with E-state index in [1.165, 1.54) is 6.20 Å². The fourth-order valence-corrected chi connectivity index (χ4v) is 4.01. The van der Waals surface area contributed by atoms with E-state index in [0.717, 1.165) is 29.0 Å². The van der Waals surface area contributed by atoms with Gasteiger partial charge >= 0.3 is 5.97 Å². The SMILES string of the molecule is CCC1CN=C(Nc2ccc(Oc3ncc(C(=O)O)s3)cc2)N(Cc2ccc(Cl)cc2)C1=O. The van der Waals surface area contributed by atoms with Crippen molar-refractivity contribution in [3.8, 4) is 10.9 Å². The van der Waals surface area contributed by atoms with Crippen molar-refractivity contribution in [2.45, 2.75) is 19.9 Å². The van der Waals surface area contributed by atoms with Crippen LogP contribution in [0.25, 0.3) is 0 Å². The molecule has 33 heavy (non-hydrogen) atoms. The highest BCUT2D eigenvalue weighted by Gasteiger charge is 2.31. The minimum atomic E-state index is -1.04. The van der Waals surface area contributed by atoms with Crippen LogP contribution in [0.4, 0.5) is 5.69 Å². The molecule has 1 aliphatic rings. The van der Waals surface area contributed by atoms with Crippen molar-refractivity contribution >= 4 is 46.5 Å². The number of thiazole rings is 1. The summed E-state index contributed by atoms with van der Waals surface area (Å²) in [6.45, 7) is 2.80. The van der Waals surface area contributed by atoms with E-state index in [2.05, 4.69) is 15.3 Å². The number of aromatic carboxylic acids is 1. The Labute approximate surface area is 199 Å². The van der Waals surface area contributed by atoms with Crippen LogP contribution in [0.1, 0.15) is 28.6 Å². The first-order chi connectivity index (χ1) is 15.9. The number of halogens is 1. The molecule has 2 N–H and O–H groups in total. The first-order valence-electron chi connectivity index (χ1n) is 10.3. The maximum absolute atomic E-state index is 13.0. The Morgan fingerprint density at radius 1 is 1.24 bits per heavy atom. The second kappa shape index (κ2) is 10.0. The molecule has 0 saturated heterocycles. The van der Waals surface area contributed by atoms with Gasteiger partial charge in [0, 0.05) is 10.7 Å². The molecular weight excluding hydrogens is 464 g/mol. The van der Waals surface area contributed by atoms with Gasteiger partial charge in [-0.2, -0.15) is 0 Å². The van der Waals surface area contributed by atoms with E-state index < -0.39 is 5.97 Å². The molecule has 1 unspecified atom stereocenters. The standard InChI is InChI=1S/C23H21ClN4O4S/c1-2-15-11-25-22(28(20(15)29)13-14-3-5-16(24)6-4-14)27-17-7-9-18(10-8-17)32-23-26-12-19(33-23)21(30)31/h3-10,12,15H,2,11,13H2,1H3,(H,25,27)(H,30,31). The molecule has 3 aromatic rings. The van der Waals surface area contributed by atoms with Gasteiger partial charge in [0.2, 0.25) is 11.9 Å². The summed E-state index contributed by atoms with van der Waals surface area (Å²) < 4.78 is 5.62. The molecule has 1 atom stereocenters. The van der Waals surface area contributed by atoms with Gasteiger partial charge in [-0.3, -0.25) is 14.7 Å². The number of benzene rings is 2. The average molecular weight is 485 g/mol. The van der Waals surface area contributed by atoms with Crippen molar-refractivity contribution < 1.29 is 19.4 Å². The van der Waals surface area contributed by atoms with Crippen LogP contribution in [0, 0.1) is 5.92 Å². The number of amides is 1. The zero-order valence-corrected chi connectivity index (χ0v) is 19.3. The largest absolute Gasteiger partial charge is 0.477 e. The topological polar surface area (TPSA) is 104 Å². The Morgan fingerprint density at radius 2 is 1.97 bits per heavy atom. The van der Waals surface area contributed by atoms with Gasteiger partial charge in [-0.1, -0.05) is 42.0 Å². The van der Waals surface area contributed by atoms with Crippen LogP contribution in [-0.2, 0) is 11.3 Å². The maximum atomic E-state index is 13.0. The Morgan fingerprint density at radius 3 is 2.61 bits per heavy atom. The van der Waals surface area contributed by atoms with Gasteiger partial charge in [0.1, 0.15) is 10.6 Å². The predicted molar refractivity (Wildman–Crippen MR) is 127 cm³/mol. The number of anilines is 1. The highest BCUT2D eigenvalue weighted by atomic mass is 35.5. The van der Waals surface area contributed by atoms with Gasteiger partial charge in [0.15, 0.2) is 0 Å². The van der Waals surface area contributed by atoms with Crippen molar-refractivity contribution in [3.63, 3.8) is 0 Å². The van der Waals surface area contributed by atoms with Gasteiger partial charge in [-0.15, -0.1) is 0 Å². The second-order valence-corrected chi connectivity index (χ2v) is 8.80. The molecule has 170 valence electrons. The first-order valence-corrected chi connectivity index (χ1v) is 11.5. The number of carbonyl (C=O) groups excluding carboxylic acids is 1. The molecule has 0 aliphatic carbocycles. The van der Waals surface area contributed by atoms with E-state index >= 15 is 0 Å². The molecule has 0 bridgehead atoms. The van der Waals surface area contributed by atoms with E-state index in [0.29, 0.717) is 29.8 Å². The molecule has 0 fully saturated rings. The van der Waals surface area contributed by atoms with E-state index in [4.69, 9.17) is 21.4 Å². The monoisotopic (exact) mass is 484 g/mol. The number of hydrogen-bond donors (Lipinski definition) is 2. The zero-order chi connectivity index (χ0) is 23.4. The normalized spacial score (nSPS) is 15.8. The number of aromatic nitrogens is 1. The Bertz CT molecular complexity index is 1180. The van der Waals surface area contributed by atoms with Gasteiger partial charge in [-0.05, 0) is 48.4 Å². The third-order valence-corrected chi connectivity index (χ3v) is 6.21. The molecule has 2 heterocycles. The van der Waals surface area contributed by atoms with Gasteiger partial charge in [0.25, 0.3) is 5.19 Å². The third kappa shape index (κ3) is 5.50. The molecule has 2 aromatic carbocycles. The maximum Gasteiger partial charge on any atom is 0.347 e. The molecule has 1 aliphatic heterocycles. The van der Waals surface area contributed by atoms with Crippen LogP contribution in [0.15, 0.2) is 59.7 Å². The van der Waals surface area contributed by atoms with Crippen molar-refractivity contribution in [2.24, 2.45) is 10.9 Å². The van der Waals surface area contributed by atoms with Crippen LogP contribution < -0.4 is 10.1 Å². The van der Waals surface area contributed by atoms with Crippen molar-refractivity contribution in [2.75, 3.05) is 11.9 Å². The van der Waals surface area contributed by atoms with E-state index in [-0.39, 0.29) is 21.9 Å². The lowest BCUT2D eigenvalue weighted by molar-refractivity contribution is -0.132. The fraction of sp³-hybridized carbons (Fsp3) is 0.217. The first kappa shape index (κ1) is 22.8. The highest BCUT2D eigenvalue weighted by molar-refractivity contribution is 7.15. The molecule has 8 nitrogen and oxygen atoms in total. The van der Waals surface area contributed by atoms with Crippen LogP contribution in [0.3, 0.4) is 0 Å². The van der Waals surface area contributed by atoms with E-state index in [9.17, 15) is 9.59 Å². The molecule has 0 radical (unpaired) electrons. The molecule has 10 heteroatoms. The van der Waals surface area contributed by atoms with E-state index in [1.54, 1.807) is 41.3 Å². The van der Waals surface area contributed by atoms with Crippen LogP contribution >= 0.6 is 22.9 Å². The van der Waals surface area contributed by atoms with Crippen molar-refractivity contribution in [1.82, 2.24) is 9.88 Å².